The van der Waals surface area contributed by atoms with Crippen molar-refractivity contribution in [1.82, 2.24) is 4.98 Å². The van der Waals surface area contributed by atoms with Crippen molar-refractivity contribution in [3.8, 4) is 0 Å². The molecule has 102 valence electrons. The molecule has 2 aromatic rings. The summed E-state index contributed by atoms with van der Waals surface area (Å²) in [5.74, 6) is 0. The highest BCUT2D eigenvalue weighted by Crippen LogP contribution is 2.18. The van der Waals surface area contributed by atoms with Crippen molar-refractivity contribution in [3.05, 3.63) is 48.2 Å². The van der Waals surface area contributed by atoms with Crippen LogP contribution in [0.5, 0.6) is 0 Å². The summed E-state index contributed by atoms with van der Waals surface area (Å²) in [6.45, 7) is 2.51. The van der Waals surface area contributed by atoms with E-state index in [1.54, 1.807) is 18.2 Å². The Bertz CT molecular complexity index is 735. The Labute approximate surface area is 118 Å². The number of anilines is 1. The quantitative estimate of drug-likeness (QED) is 0.863. The fourth-order valence-electron chi connectivity index (χ4n) is 2.19. The first-order valence-electron chi connectivity index (χ1n) is 6.24. The molecular weight excluding hydrogens is 275 g/mol. The molecule has 0 unspecified atom stereocenters. The van der Waals surface area contributed by atoms with Crippen LogP contribution in [0.25, 0.3) is 0 Å². The van der Waals surface area contributed by atoms with Gasteiger partial charge in [-0.25, -0.2) is 4.98 Å². The van der Waals surface area contributed by atoms with Crippen LogP contribution in [0.3, 0.4) is 0 Å². The predicted octanol–water partition coefficient (Wildman–Crippen LogP) is 1.24. The number of rotatable bonds is 3. The van der Waals surface area contributed by atoms with Crippen LogP contribution in [0.1, 0.15) is 5.56 Å². The topological polar surface area (TPSA) is 68.3 Å². The number of aromatic nitrogens is 1. The maximum atomic E-state index is 12.2. The molecule has 5 nitrogen and oxygen atoms in total. The van der Waals surface area contributed by atoms with Gasteiger partial charge in [0.25, 0.3) is 10.0 Å². The van der Waals surface area contributed by atoms with E-state index in [0.29, 0.717) is 12.3 Å². The molecule has 1 aromatic carbocycles. The van der Waals surface area contributed by atoms with Crippen LogP contribution < -0.4 is 10.2 Å². The second-order valence-corrected chi connectivity index (χ2v) is 6.27. The van der Waals surface area contributed by atoms with Crippen LogP contribution in [-0.2, 0) is 21.3 Å². The molecule has 1 N–H and O–H groups in total. The van der Waals surface area contributed by atoms with Crippen molar-refractivity contribution in [1.29, 1.82) is 0 Å². The third-order valence-corrected chi connectivity index (χ3v) is 4.53. The molecule has 0 radical (unpaired) electrons. The molecular formula is C13H13BN2O3S. The van der Waals surface area contributed by atoms with E-state index in [-0.39, 0.29) is 11.9 Å². The van der Waals surface area contributed by atoms with Gasteiger partial charge in [0.1, 0.15) is 0 Å². The normalized spacial score (nSPS) is 14.2. The smallest absolute Gasteiger partial charge is 0.324 e. The zero-order valence-corrected chi connectivity index (χ0v) is 11.7. The van der Waals surface area contributed by atoms with Gasteiger partial charge in [0.15, 0.2) is 5.03 Å². The molecule has 1 aromatic heterocycles. The molecule has 3 rings (SSSR count). The Morgan fingerprint density at radius 1 is 1.30 bits per heavy atom. The van der Waals surface area contributed by atoms with Crippen molar-refractivity contribution in [2.75, 3.05) is 4.72 Å². The third kappa shape index (κ3) is 2.42. The fourth-order valence-corrected chi connectivity index (χ4v) is 3.19. The molecule has 0 aliphatic carbocycles. The minimum Gasteiger partial charge on any atom is -0.427 e. The van der Waals surface area contributed by atoms with Crippen LogP contribution in [-0.4, -0.2) is 20.3 Å². The van der Waals surface area contributed by atoms with Gasteiger partial charge in [-0.15, -0.1) is 0 Å². The molecule has 0 amide bonds. The Balaban J connectivity index is 1.91. The Morgan fingerprint density at radius 2 is 2.15 bits per heavy atom. The summed E-state index contributed by atoms with van der Waals surface area (Å²) in [6.07, 6.45) is 1.45. The summed E-state index contributed by atoms with van der Waals surface area (Å²) >= 11 is 0. The van der Waals surface area contributed by atoms with E-state index < -0.39 is 10.0 Å². The van der Waals surface area contributed by atoms with E-state index in [4.69, 9.17) is 4.65 Å². The van der Waals surface area contributed by atoms with Gasteiger partial charge in [-0.1, -0.05) is 19.0 Å². The van der Waals surface area contributed by atoms with Crippen LogP contribution in [0.15, 0.2) is 47.6 Å². The Morgan fingerprint density at radius 3 is 2.90 bits per heavy atom. The monoisotopic (exact) mass is 288 g/mol. The van der Waals surface area contributed by atoms with Gasteiger partial charge in [-0.2, -0.15) is 8.42 Å². The first-order valence-corrected chi connectivity index (χ1v) is 7.73. The zero-order chi connectivity index (χ0) is 14.2. The minimum atomic E-state index is -3.65. The van der Waals surface area contributed by atoms with Crippen LogP contribution >= 0.6 is 0 Å². The van der Waals surface area contributed by atoms with Gasteiger partial charge < -0.3 is 4.65 Å². The first kappa shape index (κ1) is 13.1. The lowest BCUT2D eigenvalue weighted by Gasteiger charge is -2.09. The summed E-state index contributed by atoms with van der Waals surface area (Å²) in [5.41, 5.74) is 2.64. The lowest BCUT2D eigenvalue weighted by molar-refractivity contribution is 0.333. The van der Waals surface area contributed by atoms with E-state index in [2.05, 4.69) is 9.71 Å². The second-order valence-electron chi connectivity index (χ2n) is 4.64. The highest BCUT2D eigenvalue weighted by molar-refractivity contribution is 7.92. The molecule has 0 fully saturated rings. The Hall–Kier alpha value is -1.86. The number of nitrogens with zero attached hydrogens (tertiary/aromatic N) is 1. The van der Waals surface area contributed by atoms with E-state index in [1.165, 1.54) is 12.3 Å². The molecule has 0 saturated carbocycles. The SMILES string of the molecule is CB1OCc2ccc(NS(=O)(=O)c3ccccn3)cc21. The second kappa shape index (κ2) is 4.92. The maximum absolute atomic E-state index is 12.2. The molecule has 7 heteroatoms. The van der Waals surface area contributed by atoms with Crippen molar-refractivity contribution < 1.29 is 13.1 Å². The summed E-state index contributed by atoms with van der Waals surface area (Å²) < 4.78 is 32.4. The number of fused-ring (bicyclic) bond motifs is 1. The van der Waals surface area contributed by atoms with Gasteiger partial charge >= 0.3 is 6.92 Å². The number of hydrogen-bond acceptors (Lipinski definition) is 4. The van der Waals surface area contributed by atoms with E-state index in [1.807, 2.05) is 19.0 Å². The fraction of sp³-hybridized carbons (Fsp3) is 0.154. The number of sulfonamides is 1. The molecule has 2 heterocycles. The summed E-state index contributed by atoms with van der Waals surface area (Å²) in [5, 5.41) is 0.00444. The zero-order valence-electron chi connectivity index (χ0n) is 10.9. The first-order chi connectivity index (χ1) is 9.56. The van der Waals surface area contributed by atoms with Crippen molar-refractivity contribution in [2.45, 2.75) is 18.5 Å². The van der Waals surface area contributed by atoms with Crippen LogP contribution in [0.2, 0.25) is 6.82 Å². The maximum Gasteiger partial charge on any atom is 0.324 e. The minimum absolute atomic E-state index is 0.00444. The molecule has 0 saturated heterocycles. The number of benzene rings is 1. The number of pyridine rings is 1. The molecule has 1 aliphatic rings. The van der Waals surface area contributed by atoms with Gasteiger partial charge in [0, 0.05) is 11.9 Å². The summed E-state index contributed by atoms with van der Waals surface area (Å²) in [6, 6.07) is 10.2. The van der Waals surface area contributed by atoms with Crippen LogP contribution in [0.4, 0.5) is 5.69 Å². The van der Waals surface area contributed by atoms with Gasteiger partial charge in [-0.05, 0) is 35.3 Å². The van der Waals surface area contributed by atoms with Gasteiger partial charge in [-0.3, -0.25) is 4.72 Å². The standard InChI is InChI=1S/C13H13BN2O3S/c1-14-12-8-11(6-5-10(12)9-19-14)16-20(17,18)13-4-2-3-7-15-13/h2-8,16H,9H2,1H3. The molecule has 0 atom stereocenters. The Kier molecular flexibility index (Phi) is 3.23. The van der Waals surface area contributed by atoms with Gasteiger partial charge in [0.2, 0.25) is 0 Å². The predicted molar refractivity (Wildman–Crippen MR) is 77.5 cm³/mol. The summed E-state index contributed by atoms with van der Waals surface area (Å²) in [4.78, 5) is 3.86. The average molecular weight is 288 g/mol. The largest absolute Gasteiger partial charge is 0.427 e. The van der Waals surface area contributed by atoms with Crippen molar-refractivity contribution in [3.63, 3.8) is 0 Å². The molecule has 0 spiro atoms. The highest BCUT2D eigenvalue weighted by atomic mass is 32.2. The molecule has 1 aliphatic heterocycles. The van der Waals surface area contributed by atoms with Crippen molar-refractivity contribution in [2.24, 2.45) is 0 Å². The average Bonchev–Trinajstić information content (AvgIpc) is 2.81. The van der Waals surface area contributed by atoms with Crippen LogP contribution in [0, 0.1) is 0 Å². The van der Waals surface area contributed by atoms with Crippen molar-refractivity contribution >= 4 is 28.1 Å². The lowest BCUT2D eigenvalue weighted by atomic mass is 9.64. The van der Waals surface area contributed by atoms with E-state index in [0.717, 1.165) is 11.0 Å². The van der Waals surface area contributed by atoms with E-state index >= 15 is 0 Å². The lowest BCUT2D eigenvalue weighted by Crippen LogP contribution is -2.25. The van der Waals surface area contributed by atoms with Gasteiger partial charge in [0.05, 0.1) is 6.61 Å². The molecule has 20 heavy (non-hydrogen) atoms. The highest BCUT2D eigenvalue weighted by Gasteiger charge is 2.24. The third-order valence-electron chi connectivity index (χ3n) is 3.24. The van der Waals surface area contributed by atoms with E-state index in [9.17, 15) is 8.42 Å². The number of hydrogen-bond donors (Lipinski definition) is 1. The number of nitrogens with one attached hydrogen (secondary N) is 1. The molecule has 0 bridgehead atoms. The summed E-state index contributed by atoms with van der Waals surface area (Å²) in [7, 11) is -3.65.